The van der Waals surface area contributed by atoms with Crippen LogP contribution >= 0.6 is 11.6 Å². The molecule has 0 aliphatic heterocycles. The van der Waals surface area contributed by atoms with Crippen LogP contribution in [0.15, 0.2) is 42.5 Å². The van der Waals surface area contributed by atoms with E-state index >= 15 is 0 Å². The number of halogens is 2. The predicted octanol–water partition coefficient (Wildman–Crippen LogP) is 3.64. The molecule has 0 radical (unpaired) electrons. The number of rotatable bonds is 6. The molecule has 6 nitrogen and oxygen atoms in total. The molecule has 2 rings (SSSR count). The van der Waals surface area contributed by atoms with Crippen molar-refractivity contribution in [3.63, 3.8) is 0 Å². The maximum Gasteiger partial charge on any atom is 0.271 e. The molecule has 0 aromatic heterocycles. The maximum atomic E-state index is 12.9. The van der Waals surface area contributed by atoms with E-state index in [1.807, 2.05) is 0 Å². The van der Waals surface area contributed by atoms with E-state index in [4.69, 9.17) is 16.3 Å². The molecule has 2 aromatic carbocycles. The molecule has 24 heavy (non-hydrogen) atoms. The van der Waals surface area contributed by atoms with Crippen LogP contribution in [-0.2, 0) is 4.79 Å². The summed E-state index contributed by atoms with van der Waals surface area (Å²) in [6, 6.07) is 9.17. The van der Waals surface area contributed by atoms with Crippen LogP contribution in [0.4, 0.5) is 10.1 Å². The summed E-state index contributed by atoms with van der Waals surface area (Å²) in [7, 11) is 0. The van der Waals surface area contributed by atoms with Crippen molar-refractivity contribution in [3.8, 4) is 5.75 Å². The Hall–Kier alpha value is -2.67. The molecule has 0 fully saturated rings. The summed E-state index contributed by atoms with van der Waals surface area (Å²) in [5.41, 5.74) is 0.583. The second kappa shape index (κ2) is 7.74. The summed E-state index contributed by atoms with van der Waals surface area (Å²) in [6.45, 7) is 1.45. The van der Waals surface area contributed by atoms with Crippen LogP contribution in [0.3, 0.4) is 0 Å². The van der Waals surface area contributed by atoms with Crippen LogP contribution in [0, 0.1) is 15.9 Å². The van der Waals surface area contributed by atoms with Gasteiger partial charge in [-0.3, -0.25) is 14.9 Å². The molecule has 0 saturated carbocycles. The highest BCUT2D eigenvalue weighted by atomic mass is 35.5. The normalized spacial score (nSPS) is 11.6. The number of ether oxygens (including phenoxy) is 1. The number of benzene rings is 2. The van der Waals surface area contributed by atoms with Gasteiger partial charge in [-0.2, -0.15) is 0 Å². The lowest BCUT2D eigenvalue weighted by atomic mass is 10.1. The molecule has 0 bridgehead atoms. The first-order chi connectivity index (χ1) is 11.4. The fourth-order valence-corrected chi connectivity index (χ4v) is 2.21. The number of nitrogens with zero attached hydrogens (tertiary/aromatic N) is 1. The third-order valence-electron chi connectivity index (χ3n) is 3.23. The molecule has 0 aliphatic rings. The molecule has 8 heteroatoms. The number of carbonyl (C=O) groups is 1. The maximum absolute atomic E-state index is 12.9. The fourth-order valence-electron chi connectivity index (χ4n) is 1.98. The largest absolute Gasteiger partial charge is 0.482 e. The van der Waals surface area contributed by atoms with Gasteiger partial charge in [-0.15, -0.1) is 0 Å². The molecule has 1 N–H and O–H groups in total. The van der Waals surface area contributed by atoms with Gasteiger partial charge in [-0.1, -0.05) is 23.7 Å². The molecule has 1 atom stereocenters. The van der Waals surface area contributed by atoms with E-state index in [9.17, 15) is 19.3 Å². The highest BCUT2D eigenvalue weighted by Gasteiger charge is 2.13. The van der Waals surface area contributed by atoms with Crippen molar-refractivity contribution in [2.75, 3.05) is 6.61 Å². The Bertz CT molecular complexity index is 752. The quantitative estimate of drug-likeness (QED) is 0.635. The Balaban J connectivity index is 1.91. The zero-order valence-corrected chi connectivity index (χ0v) is 13.4. The first-order valence-electron chi connectivity index (χ1n) is 6.98. The van der Waals surface area contributed by atoms with Crippen LogP contribution in [-0.4, -0.2) is 17.4 Å². The van der Waals surface area contributed by atoms with Crippen molar-refractivity contribution in [1.29, 1.82) is 0 Å². The van der Waals surface area contributed by atoms with Gasteiger partial charge in [0.05, 0.1) is 16.0 Å². The number of non-ortho nitro benzene ring substituents is 1. The second-order valence-electron chi connectivity index (χ2n) is 5.00. The van der Waals surface area contributed by atoms with Gasteiger partial charge in [-0.05, 0) is 30.7 Å². The minimum absolute atomic E-state index is 0.0450. The number of hydrogen-bond donors (Lipinski definition) is 1. The van der Waals surface area contributed by atoms with Crippen LogP contribution in [0.1, 0.15) is 18.5 Å². The Kier molecular flexibility index (Phi) is 5.70. The molecule has 0 saturated heterocycles. The lowest BCUT2D eigenvalue weighted by Gasteiger charge is -2.15. The Morgan fingerprint density at radius 2 is 2.00 bits per heavy atom. The summed E-state index contributed by atoms with van der Waals surface area (Å²) >= 11 is 5.88. The van der Waals surface area contributed by atoms with Crippen LogP contribution in [0.25, 0.3) is 0 Å². The second-order valence-corrected chi connectivity index (χ2v) is 5.41. The van der Waals surface area contributed by atoms with E-state index in [2.05, 4.69) is 5.32 Å². The predicted molar refractivity (Wildman–Crippen MR) is 86.6 cm³/mol. The van der Waals surface area contributed by atoms with Crippen molar-refractivity contribution in [2.24, 2.45) is 0 Å². The summed E-state index contributed by atoms with van der Waals surface area (Å²) in [5.74, 6) is -0.582. The highest BCUT2D eigenvalue weighted by Crippen LogP contribution is 2.28. The van der Waals surface area contributed by atoms with Crippen LogP contribution in [0.5, 0.6) is 5.75 Å². The van der Waals surface area contributed by atoms with Gasteiger partial charge >= 0.3 is 0 Å². The molecule has 126 valence electrons. The van der Waals surface area contributed by atoms with Gasteiger partial charge in [0.1, 0.15) is 11.6 Å². The summed E-state index contributed by atoms with van der Waals surface area (Å²) in [6.07, 6.45) is 0. The number of nitro groups is 1. The number of carbonyl (C=O) groups excluding carboxylic acids is 1. The fraction of sp³-hybridized carbons (Fsp3) is 0.188. The Labute approximate surface area is 142 Å². The zero-order valence-electron chi connectivity index (χ0n) is 12.7. The van der Waals surface area contributed by atoms with Crippen molar-refractivity contribution in [3.05, 3.63) is 69.0 Å². The van der Waals surface area contributed by atoms with Gasteiger partial charge in [-0.25, -0.2) is 4.39 Å². The smallest absolute Gasteiger partial charge is 0.271 e. The van der Waals surface area contributed by atoms with E-state index in [1.165, 1.54) is 24.3 Å². The van der Waals surface area contributed by atoms with Crippen molar-refractivity contribution in [2.45, 2.75) is 13.0 Å². The number of hydrogen-bond acceptors (Lipinski definition) is 4. The number of nitrogens with one attached hydrogen (secondary N) is 1. The summed E-state index contributed by atoms with van der Waals surface area (Å²) in [4.78, 5) is 21.9. The molecule has 1 unspecified atom stereocenters. The molecule has 0 aliphatic carbocycles. The third-order valence-corrected chi connectivity index (χ3v) is 3.53. The lowest BCUT2D eigenvalue weighted by molar-refractivity contribution is -0.384. The minimum atomic E-state index is -0.577. The molecule has 0 spiro atoms. The minimum Gasteiger partial charge on any atom is -0.482 e. The first kappa shape index (κ1) is 17.7. The Morgan fingerprint density at radius 3 is 2.58 bits per heavy atom. The average Bonchev–Trinajstić information content (AvgIpc) is 2.54. The topological polar surface area (TPSA) is 81.5 Å². The van der Waals surface area contributed by atoms with E-state index in [1.54, 1.807) is 19.1 Å². The molecule has 0 heterocycles. The van der Waals surface area contributed by atoms with Crippen molar-refractivity contribution >= 4 is 23.2 Å². The average molecular weight is 353 g/mol. The van der Waals surface area contributed by atoms with Gasteiger partial charge in [0.15, 0.2) is 6.61 Å². The monoisotopic (exact) mass is 352 g/mol. The van der Waals surface area contributed by atoms with E-state index in [0.717, 1.165) is 11.6 Å². The van der Waals surface area contributed by atoms with Gasteiger partial charge in [0.2, 0.25) is 0 Å². The number of nitro benzene ring substituents is 1. The molecule has 1 amide bonds. The molecular formula is C16H14ClFN2O4. The molecular weight excluding hydrogens is 339 g/mol. The van der Waals surface area contributed by atoms with Gasteiger partial charge in [0, 0.05) is 12.1 Å². The van der Waals surface area contributed by atoms with Gasteiger partial charge in [0.25, 0.3) is 11.6 Å². The molecule has 2 aromatic rings. The first-order valence-corrected chi connectivity index (χ1v) is 7.36. The SMILES string of the molecule is CC(NC(=O)COc1ccc([N+](=O)[O-])cc1Cl)c1ccc(F)cc1. The zero-order chi connectivity index (χ0) is 17.7. The van der Waals surface area contributed by atoms with Crippen molar-refractivity contribution in [1.82, 2.24) is 5.32 Å². The van der Waals surface area contributed by atoms with Crippen LogP contribution < -0.4 is 10.1 Å². The standard InChI is InChI=1S/C16H14ClFN2O4/c1-10(11-2-4-12(18)5-3-11)19-16(21)9-24-15-7-6-13(20(22)23)8-14(15)17/h2-8,10H,9H2,1H3,(H,19,21). The van der Waals surface area contributed by atoms with E-state index < -0.39 is 10.8 Å². The summed E-state index contributed by atoms with van der Waals surface area (Å²) < 4.78 is 18.1. The van der Waals surface area contributed by atoms with Gasteiger partial charge < -0.3 is 10.1 Å². The third kappa shape index (κ3) is 4.66. The van der Waals surface area contributed by atoms with Crippen LogP contribution in [0.2, 0.25) is 5.02 Å². The lowest BCUT2D eigenvalue weighted by Crippen LogP contribution is -2.31. The Morgan fingerprint density at radius 1 is 1.33 bits per heavy atom. The van der Waals surface area contributed by atoms with E-state index in [-0.39, 0.29) is 34.9 Å². The van der Waals surface area contributed by atoms with Crippen molar-refractivity contribution < 1.29 is 18.8 Å². The van der Waals surface area contributed by atoms with E-state index in [0.29, 0.717) is 0 Å². The highest BCUT2D eigenvalue weighted by molar-refractivity contribution is 6.32. The number of amides is 1. The summed E-state index contributed by atoms with van der Waals surface area (Å²) in [5, 5.41) is 13.4.